The monoisotopic (exact) mass is 628 g/mol. The highest BCUT2D eigenvalue weighted by Crippen LogP contribution is 2.34. The molecule has 2 aromatic heterocycles. The number of para-hydroxylation sites is 2. The van der Waals surface area contributed by atoms with E-state index in [1.165, 1.54) is 0 Å². The standard InChI is InChI=1S/C20H19NO3.C19H17NO3/c1-3-24-19(22)12-15-13-21-18-10-5-4-9-17(18)20(15)14-7-6-8-16(11-14)23-2;1-2-23-18(22)11-14-12-20-17-9-4-3-8-16(17)19(14)13-6-5-7-15(21)10-13/h4-11,13H,3,12H2,1-2H3;3-10,12,21H,2,11H2,1H3. The molecule has 0 aliphatic heterocycles. The molecule has 0 unspecified atom stereocenters. The summed E-state index contributed by atoms with van der Waals surface area (Å²) in [7, 11) is 1.64. The molecule has 1 N–H and O–H groups in total. The molecule has 8 heteroatoms. The molecule has 0 amide bonds. The van der Waals surface area contributed by atoms with Gasteiger partial charge in [-0.3, -0.25) is 19.6 Å². The van der Waals surface area contributed by atoms with Crippen molar-refractivity contribution in [3.63, 3.8) is 0 Å². The van der Waals surface area contributed by atoms with Gasteiger partial charge in [0.1, 0.15) is 11.5 Å². The minimum Gasteiger partial charge on any atom is -0.508 e. The zero-order chi connectivity index (χ0) is 33.2. The number of esters is 2. The Morgan fingerprint density at radius 1 is 0.638 bits per heavy atom. The van der Waals surface area contributed by atoms with E-state index >= 15 is 0 Å². The van der Waals surface area contributed by atoms with Gasteiger partial charge in [-0.05, 0) is 83.6 Å². The van der Waals surface area contributed by atoms with Crippen molar-refractivity contribution in [3.8, 4) is 33.8 Å². The molecule has 0 spiro atoms. The van der Waals surface area contributed by atoms with Gasteiger partial charge in [-0.15, -0.1) is 0 Å². The van der Waals surface area contributed by atoms with E-state index in [-0.39, 0.29) is 30.5 Å². The molecule has 0 fully saturated rings. The van der Waals surface area contributed by atoms with E-state index in [0.29, 0.717) is 13.2 Å². The van der Waals surface area contributed by atoms with Gasteiger partial charge in [-0.1, -0.05) is 60.7 Å². The molecule has 0 saturated carbocycles. The normalized spacial score (nSPS) is 10.6. The molecule has 2 heterocycles. The van der Waals surface area contributed by atoms with Crippen LogP contribution in [0.15, 0.2) is 109 Å². The lowest BCUT2D eigenvalue weighted by molar-refractivity contribution is -0.143. The second kappa shape index (κ2) is 15.5. The van der Waals surface area contributed by atoms with Crippen LogP contribution in [0.3, 0.4) is 0 Å². The van der Waals surface area contributed by atoms with Crippen LogP contribution in [-0.4, -0.2) is 47.3 Å². The number of nitrogens with zero attached hydrogens (tertiary/aromatic N) is 2. The van der Waals surface area contributed by atoms with Crippen LogP contribution in [0.1, 0.15) is 25.0 Å². The molecule has 0 aliphatic carbocycles. The Morgan fingerprint density at radius 3 is 1.62 bits per heavy atom. The van der Waals surface area contributed by atoms with Gasteiger partial charge in [0.2, 0.25) is 0 Å². The van der Waals surface area contributed by atoms with Gasteiger partial charge in [0, 0.05) is 23.2 Å². The number of carbonyl (C=O) groups is 2. The molecule has 6 aromatic rings. The number of phenols is 1. The van der Waals surface area contributed by atoms with E-state index in [9.17, 15) is 14.7 Å². The summed E-state index contributed by atoms with van der Waals surface area (Å²) < 4.78 is 15.5. The van der Waals surface area contributed by atoms with Crippen LogP contribution >= 0.6 is 0 Å². The molecule has 238 valence electrons. The van der Waals surface area contributed by atoms with Gasteiger partial charge in [-0.2, -0.15) is 0 Å². The van der Waals surface area contributed by atoms with Crippen LogP contribution in [0.25, 0.3) is 44.1 Å². The van der Waals surface area contributed by atoms with E-state index in [1.807, 2.05) is 78.9 Å². The van der Waals surface area contributed by atoms with Crippen molar-refractivity contribution in [3.05, 3.63) is 121 Å². The van der Waals surface area contributed by atoms with Crippen molar-refractivity contribution in [1.82, 2.24) is 9.97 Å². The number of rotatable bonds is 9. The number of benzene rings is 4. The van der Waals surface area contributed by atoms with Crippen molar-refractivity contribution in [2.24, 2.45) is 0 Å². The second-order valence-electron chi connectivity index (χ2n) is 10.6. The Kier molecular flexibility index (Phi) is 10.8. The van der Waals surface area contributed by atoms with Crippen LogP contribution < -0.4 is 4.74 Å². The highest BCUT2D eigenvalue weighted by atomic mass is 16.5. The third-order valence-corrected chi connectivity index (χ3v) is 7.48. The van der Waals surface area contributed by atoms with Gasteiger partial charge in [0.05, 0.1) is 44.2 Å². The number of hydrogen-bond acceptors (Lipinski definition) is 8. The maximum absolute atomic E-state index is 12.0. The minimum absolute atomic E-state index is 0.149. The topological polar surface area (TPSA) is 108 Å². The second-order valence-corrected chi connectivity index (χ2v) is 10.6. The fourth-order valence-electron chi connectivity index (χ4n) is 5.49. The van der Waals surface area contributed by atoms with Crippen LogP contribution in [0.5, 0.6) is 11.5 Å². The average molecular weight is 629 g/mol. The Bertz CT molecular complexity index is 2020. The Balaban J connectivity index is 0.000000185. The molecule has 0 bridgehead atoms. The number of pyridine rings is 2. The first-order valence-corrected chi connectivity index (χ1v) is 15.4. The summed E-state index contributed by atoms with van der Waals surface area (Å²) >= 11 is 0. The zero-order valence-corrected chi connectivity index (χ0v) is 26.6. The number of phenolic OH excluding ortho intramolecular Hbond substituents is 1. The molecular weight excluding hydrogens is 592 g/mol. The summed E-state index contributed by atoms with van der Waals surface area (Å²) in [4.78, 5) is 32.8. The van der Waals surface area contributed by atoms with Crippen molar-refractivity contribution in [2.45, 2.75) is 26.7 Å². The summed E-state index contributed by atoms with van der Waals surface area (Å²) in [5, 5.41) is 11.7. The van der Waals surface area contributed by atoms with Gasteiger partial charge < -0.3 is 19.3 Å². The molecule has 0 aliphatic rings. The molecular formula is C39H36N2O6. The largest absolute Gasteiger partial charge is 0.508 e. The lowest BCUT2D eigenvalue weighted by Gasteiger charge is -2.13. The maximum Gasteiger partial charge on any atom is 0.310 e. The maximum atomic E-state index is 12.0. The van der Waals surface area contributed by atoms with Crippen molar-refractivity contribution >= 4 is 33.7 Å². The minimum atomic E-state index is -0.286. The highest BCUT2D eigenvalue weighted by Gasteiger charge is 2.16. The summed E-state index contributed by atoms with van der Waals surface area (Å²) in [5.41, 5.74) is 7.11. The summed E-state index contributed by atoms with van der Waals surface area (Å²) in [5.74, 6) is 0.422. The Labute approximate surface area is 273 Å². The Hall–Kier alpha value is -5.76. The van der Waals surface area contributed by atoms with Crippen molar-refractivity contribution in [2.75, 3.05) is 20.3 Å². The predicted octanol–water partition coefficient (Wildman–Crippen LogP) is 7.73. The van der Waals surface area contributed by atoms with E-state index in [4.69, 9.17) is 14.2 Å². The summed E-state index contributed by atoms with van der Waals surface area (Å²) in [6.45, 7) is 4.31. The van der Waals surface area contributed by atoms with Crippen LogP contribution in [0.4, 0.5) is 0 Å². The number of fused-ring (bicyclic) bond motifs is 2. The summed E-state index contributed by atoms with van der Waals surface area (Å²) in [6.07, 6.45) is 3.81. The summed E-state index contributed by atoms with van der Waals surface area (Å²) in [6, 6.07) is 30.5. The fourth-order valence-corrected chi connectivity index (χ4v) is 5.49. The molecule has 6 rings (SSSR count). The number of aromatic hydroxyl groups is 1. The first-order valence-electron chi connectivity index (χ1n) is 15.4. The van der Waals surface area contributed by atoms with Crippen LogP contribution in [0, 0.1) is 0 Å². The number of aromatic nitrogens is 2. The SMILES string of the molecule is CCOC(=O)Cc1cnc2ccccc2c1-c1cccc(O)c1.CCOC(=O)Cc1cnc2ccccc2c1-c1cccc(OC)c1. The average Bonchev–Trinajstić information content (AvgIpc) is 3.08. The third kappa shape index (κ3) is 7.91. The molecule has 4 aromatic carbocycles. The van der Waals surface area contributed by atoms with Crippen molar-refractivity contribution < 1.29 is 28.9 Å². The number of hydrogen-bond donors (Lipinski definition) is 1. The Morgan fingerprint density at radius 2 is 1.13 bits per heavy atom. The first-order chi connectivity index (χ1) is 22.9. The third-order valence-electron chi connectivity index (χ3n) is 7.48. The van der Waals surface area contributed by atoms with Crippen LogP contribution in [-0.2, 0) is 31.9 Å². The highest BCUT2D eigenvalue weighted by molar-refractivity contribution is 5.98. The molecule has 0 atom stereocenters. The van der Waals surface area contributed by atoms with Crippen molar-refractivity contribution in [1.29, 1.82) is 0 Å². The van der Waals surface area contributed by atoms with Crippen LogP contribution in [0.2, 0.25) is 0 Å². The molecule has 47 heavy (non-hydrogen) atoms. The predicted molar refractivity (Wildman–Crippen MR) is 183 cm³/mol. The van der Waals surface area contributed by atoms with Gasteiger partial charge in [0.15, 0.2) is 0 Å². The lowest BCUT2D eigenvalue weighted by atomic mass is 9.95. The van der Waals surface area contributed by atoms with E-state index in [1.54, 1.807) is 51.6 Å². The molecule has 0 radical (unpaired) electrons. The van der Waals surface area contributed by atoms with Gasteiger partial charge in [0.25, 0.3) is 0 Å². The first kappa shape index (κ1) is 32.6. The lowest BCUT2D eigenvalue weighted by Crippen LogP contribution is -2.09. The number of ether oxygens (including phenoxy) is 3. The zero-order valence-electron chi connectivity index (χ0n) is 26.6. The molecule has 8 nitrogen and oxygen atoms in total. The quantitative estimate of drug-likeness (QED) is 0.162. The number of methoxy groups -OCH3 is 1. The van der Waals surface area contributed by atoms with E-state index in [2.05, 4.69) is 9.97 Å². The van der Waals surface area contributed by atoms with E-state index < -0.39 is 0 Å². The van der Waals surface area contributed by atoms with Gasteiger partial charge >= 0.3 is 11.9 Å². The molecule has 0 saturated heterocycles. The van der Waals surface area contributed by atoms with Gasteiger partial charge in [-0.25, -0.2) is 0 Å². The smallest absolute Gasteiger partial charge is 0.310 e. The van der Waals surface area contributed by atoms with E-state index in [0.717, 1.165) is 60.9 Å². The fraction of sp³-hybridized carbons (Fsp3) is 0.179. The number of carbonyl (C=O) groups excluding carboxylic acids is 2.